The smallest absolute Gasteiger partial charge is 0.168 e. The fraction of sp³-hybridized carbons (Fsp3) is 0. The van der Waals surface area contributed by atoms with Gasteiger partial charge in [-0.05, 0) is 29.8 Å². The molecular weight excluding hydrogens is 336 g/mol. The molecule has 2 aromatic carbocycles. The second-order valence-electron chi connectivity index (χ2n) is 5.27. The molecule has 0 unspecified atom stereocenters. The molecule has 1 N–H and O–H groups in total. The molecule has 2 heterocycles. The first-order chi connectivity index (χ1) is 12.3. The fourth-order valence-electron chi connectivity index (χ4n) is 2.41. The lowest BCUT2D eigenvalue weighted by Crippen LogP contribution is -1.99. The molecule has 0 aliphatic carbocycles. The quantitative estimate of drug-likeness (QED) is 0.448. The Balaban J connectivity index is 1.62. The SMILES string of the molecule is Clc1ccc(/C=N\Nc2ncnc3c2cnn3-c2ccccc2)cc1. The third kappa shape index (κ3) is 3.20. The Kier molecular flexibility index (Phi) is 4.10. The number of hydrogen-bond acceptors (Lipinski definition) is 5. The third-order valence-electron chi connectivity index (χ3n) is 3.62. The van der Waals surface area contributed by atoms with Crippen LogP contribution in [0.1, 0.15) is 5.56 Å². The van der Waals surface area contributed by atoms with Crippen LogP contribution in [0.25, 0.3) is 16.7 Å². The molecule has 0 amide bonds. The van der Waals surface area contributed by atoms with E-state index in [0.717, 1.165) is 16.6 Å². The van der Waals surface area contributed by atoms with Crippen molar-refractivity contribution >= 4 is 34.7 Å². The van der Waals surface area contributed by atoms with Gasteiger partial charge in [-0.25, -0.2) is 14.6 Å². The lowest BCUT2D eigenvalue weighted by molar-refractivity contribution is 0.895. The summed E-state index contributed by atoms with van der Waals surface area (Å²) in [5.41, 5.74) is 5.53. The number of halogens is 1. The van der Waals surface area contributed by atoms with Gasteiger partial charge in [-0.1, -0.05) is 41.9 Å². The van der Waals surface area contributed by atoms with Gasteiger partial charge in [-0.3, -0.25) is 5.43 Å². The van der Waals surface area contributed by atoms with Gasteiger partial charge < -0.3 is 0 Å². The van der Waals surface area contributed by atoms with E-state index in [1.54, 1.807) is 17.1 Å². The van der Waals surface area contributed by atoms with Gasteiger partial charge in [0, 0.05) is 5.02 Å². The van der Waals surface area contributed by atoms with E-state index in [9.17, 15) is 0 Å². The van der Waals surface area contributed by atoms with Gasteiger partial charge in [0.2, 0.25) is 0 Å². The minimum atomic E-state index is 0.595. The highest BCUT2D eigenvalue weighted by atomic mass is 35.5. The van der Waals surface area contributed by atoms with Gasteiger partial charge in [-0.2, -0.15) is 10.2 Å². The van der Waals surface area contributed by atoms with E-state index in [1.807, 2.05) is 54.6 Å². The van der Waals surface area contributed by atoms with E-state index in [-0.39, 0.29) is 0 Å². The molecule has 4 aromatic rings. The Bertz CT molecular complexity index is 1020. The number of anilines is 1. The minimum Gasteiger partial charge on any atom is -0.261 e. The normalized spacial score (nSPS) is 11.2. The molecule has 0 radical (unpaired) electrons. The summed E-state index contributed by atoms with van der Waals surface area (Å²) >= 11 is 5.87. The summed E-state index contributed by atoms with van der Waals surface area (Å²) in [7, 11) is 0. The third-order valence-corrected chi connectivity index (χ3v) is 3.87. The average Bonchev–Trinajstić information content (AvgIpc) is 3.09. The largest absolute Gasteiger partial charge is 0.261 e. The van der Waals surface area contributed by atoms with E-state index >= 15 is 0 Å². The van der Waals surface area contributed by atoms with Crippen molar-refractivity contribution in [1.82, 2.24) is 19.7 Å². The standard InChI is InChI=1S/C18H13ClN6/c19-14-8-6-13(7-9-14)10-22-24-17-16-11-23-25(18(16)21-12-20-17)15-4-2-1-3-5-15/h1-12H,(H,20,21,24)/b22-10-. The second kappa shape index (κ2) is 6.70. The second-order valence-corrected chi connectivity index (χ2v) is 5.71. The summed E-state index contributed by atoms with van der Waals surface area (Å²) in [5, 5.41) is 10.1. The zero-order chi connectivity index (χ0) is 17.1. The average molecular weight is 349 g/mol. The molecule has 0 bridgehead atoms. The van der Waals surface area contributed by atoms with E-state index in [2.05, 4.69) is 25.6 Å². The maximum absolute atomic E-state index is 5.87. The van der Waals surface area contributed by atoms with Crippen LogP contribution in [0, 0.1) is 0 Å². The molecule has 25 heavy (non-hydrogen) atoms. The number of nitrogens with zero attached hydrogens (tertiary/aromatic N) is 5. The summed E-state index contributed by atoms with van der Waals surface area (Å²) in [6, 6.07) is 17.2. The topological polar surface area (TPSA) is 68.0 Å². The van der Waals surface area contributed by atoms with Crippen molar-refractivity contribution in [2.24, 2.45) is 5.10 Å². The van der Waals surface area contributed by atoms with E-state index in [0.29, 0.717) is 16.5 Å². The van der Waals surface area contributed by atoms with Crippen LogP contribution in [0.3, 0.4) is 0 Å². The monoisotopic (exact) mass is 348 g/mol. The molecule has 4 rings (SSSR count). The lowest BCUT2D eigenvalue weighted by atomic mass is 10.2. The van der Waals surface area contributed by atoms with E-state index in [4.69, 9.17) is 11.6 Å². The molecule has 6 nitrogen and oxygen atoms in total. The minimum absolute atomic E-state index is 0.595. The predicted molar refractivity (Wildman–Crippen MR) is 99.3 cm³/mol. The number of fused-ring (bicyclic) bond motifs is 1. The Labute approximate surface area is 148 Å². The number of nitrogens with one attached hydrogen (secondary N) is 1. The predicted octanol–water partition coefficient (Wildman–Crippen LogP) is 3.91. The maximum Gasteiger partial charge on any atom is 0.168 e. The van der Waals surface area contributed by atoms with Crippen molar-refractivity contribution in [2.75, 3.05) is 5.43 Å². The number of hydrazone groups is 1. The van der Waals surface area contributed by atoms with Crippen LogP contribution in [0.4, 0.5) is 5.82 Å². The van der Waals surface area contributed by atoms with Crippen LogP contribution in [0.15, 0.2) is 72.2 Å². The molecule has 2 aromatic heterocycles. The number of rotatable bonds is 4. The molecule has 0 aliphatic rings. The first kappa shape index (κ1) is 15.3. The molecular formula is C18H13ClN6. The highest BCUT2D eigenvalue weighted by Gasteiger charge is 2.10. The first-order valence-electron chi connectivity index (χ1n) is 7.60. The molecule has 0 atom stereocenters. The van der Waals surface area contributed by atoms with Gasteiger partial charge in [0.15, 0.2) is 11.5 Å². The highest BCUT2D eigenvalue weighted by molar-refractivity contribution is 6.30. The molecule has 0 saturated carbocycles. The summed E-state index contributed by atoms with van der Waals surface area (Å²) < 4.78 is 1.77. The Morgan fingerprint density at radius 3 is 2.60 bits per heavy atom. The molecule has 0 spiro atoms. The summed E-state index contributed by atoms with van der Waals surface area (Å²) in [6.45, 7) is 0. The number of aromatic nitrogens is 4. The van der Waals surface area contributed by atoms with E-state index < -0.39 is 0 Å². The maximum atomic E-state index is 5.87. The number of benzene rings is 2. The van der Waals surface area contributed by atoms with Crippen molar-refractivity contribution < 1.29 is 0 Å². The zero-order valence-corrected chi connectivity index (χ0v) is 13.8. The zero-order valence-electron chi connectivity index (χ0n) is 13.0. The van der Waals surface area contributed by atoms with Gasteiger partial charge in [0.1, 0.15) is 6.33 Å². The van der Waals surface area contributed by atoms with Crippen LogP contribution in [-0.4, -0.2) is 26.0 Å². The van der Waals surface area contributed by atoms with Crippen molar-refractivity contribution in [2.45, 2.75) is 0 Å². The van der Waals surface area contributed by atoms with Crippen molar-refractivity contribution in [3.8, 4) is 5.69 Å². The molecule has 0 aliphatic heterocycles. The van der Waals surface area contributed by atoms with Crippen LogP contribution in [-0.2, 0) is 0 Å². The van der Waals surface area contributed by atoms with Crippen LogP contribution in [0.5, 0.6) is 0 Å². The van der Waals surface area contributed by atoms with Crippen LogP contribution >= 0.6 is 11.6 Å². The van der Waals surface area contributed by atoms with Gasteiger partial charge in [-0.15, -0.1) is 0 Å². The Hall–Kier alpha value is -3.25. The van der Waals surface area contributed by atoms with Crippen LogP contribution in [0.2, 0.25) is 5.02 Å². The highest BCUT2D eigenvalue weighted by Crippen LogP contribution is 2.21. The Morgan fingerprint density at radius 2 is 1.80 bits per heavy atom. The van der Waals surface area contributed by atoms with Crippen LogP contribution < -0.4 is 5.43 Å². The first-order valence-corrected chi connectivity index (χ1v) is 7.98. The van der Waals surface area contributed by atoms with Crippen molar-refractivity contribution in [3.63, 3.8) is 0 Å². The molecule has 0 fully saturated rings. The molecule has 122 valence electrons. The number of hydrogen-bond donors (Lipinski definition) is 1. The fourth-order valence-corrected chi connectivity index (χ4v) is 2.53. The van der Waals surface area contributed by atoms with Crippen molar-refractivity contribution in [3.05, 3.63) is 77.7 Å². The van der Waals surface area contributed by atoms with Crippen molar-refractivity contribution in [1.29, 1.82) is 0 Å². The molecule has 0 saturated heterocycles. The summed E-state index contributed by atoms with van der Waals surface area (Å²) in [5.74, 6) is 0.595. The summed E-state index contributed by atoms with van der Waals surface area (Å²) in [4.78, 5) is 8.59. The van der Waals surface area contributed by atoms with Gasteiger partial charge in [0.05, 0.1) is 23.5 Å². The molecule has 7 heteroatoms. The lowest BCUT2D eigenvalue weighted by Gasteiger charge is -2.03. The van der Waals surface area contributed by atoms with Gasteiger partial charge >= 0.3 is 0 Å². The van der Waals surface area contributed by atoms with Gasteiger partial charge in [0.25, 0.3) is 0 Å². The Morgan fingerprint density at radius 1 is 1.00 bits per heavy atom. The number of para-hydroxylation sites is 1. The van der Waals surface area contributed by atoms with E-state index in [1.165, 1.54) is 6.33 Å². The summed E-state index contributed by atoms with van der Waals surface area (Å²) in [6.07, 6.45) is 4.91.